The third-order valence-corrected chi connectivity index (χ3v) is 5.87. The van der Waals surface area contributed by atoms with Gasteiger partial charge in [0, 0.05) is 23.4 Å². The number of carbonyl (C=O) groups excluding carboxylic acids is 1. The first-order chi connectivity index (χ1) is 14.4. The van der Waals surface area contributed by atoms with E-state index in [0.717, 1.165) is 18.4 Å². The number of methoxy groups -OCH3 is 2. The average Bonchev–Trinajstić information content (AvgIpc) is 2.73. The summed E-state index contributed by atoms with van der Waals surface area (Å²) in [5.41, 5.74) is 1.49. The third-order valence-electron chi connectivity index (χ3n) is 4.41. The zero-order chi connectivity index (χ0) is 22.1. The minimum absolute atomic E-state index is 0.0936. The highest BCUT2D eigenvalue weighted by Crippen LogP contribution is 2.33. The molecule has 0 spiro atoms. The third kappa shape index (κ3) is 5.84. The maximum absolute atomic E-state index is 12.8. The fourth-order valence-electron chi connectivity index (χ4n) is 2.89. The Bertz CT molecular complexity index is 1000. The number of allylic oxidation sites excluding steroid dienone is 1. The van der Waals surface area contributed by atoms with Crippen LogP contribution in [0.5, 0.6) is 11.5 Å². The van der Waals surface area contributed by atoms with Crippen molar-refractivity contribution in [1.29, 1.82) is 0 Å². The Morgan fingerprint density at radius 2 is 1.93 bits per heavy atom. The molecule has 0 fully saturated rings. The number of benzene rings is 2. The molecule has 1 amide bonds. The van der Waals surface area contributed by atoms with Gasteiger partial charge in [0.15, 0.2) is 11.5 Å². The van der Waals surface area contributed by atoms with Crippen LogP contribution in [0.15, 0.2) is 53.9 Å². The summed E-state index contributed by atoms with van der Waals surface area (Å²) in [4.78, 5) is 12.9. The molecule has 2 aromatic carbocycles. The lowest BCUT2D eigenvalue weighted by Crippen LogP contribution is -2.24. The lowest BCUT2D eigenvalue weighted by molar-refractivity contribution is 0.102. The van der Waals surface area contributed by atoms with E-state index >= 15 is 0 Å². The summed E-state index contributed by atoms with van der Waals surface area (Å²) in [5.74, 6) is 0.577. The van der Waals surface area contributed by atoms with Gasteiger partial charge >= 0.3 is 0 Å². The number of unbranched alkanes of at least 4 members (excludes halogenated alkanes) is 1. The van der Waals surface area contributed by atoms with Crippen LogP contribution < -0.4 is 19.5 Å². The Morgan fingerprint density at radius 1 is 1.17 bits per heavy atom. The molecule has 0 heterocycles. The quantitative estimate of drug-likeness (QED) is 0.416. The van der Waals surface area contributed by atoms with Crippen molar-refractivity contribution >= 4 is 21.6 Å². The fraction of sp³-hybridized carbons (Fsp3) is 0.318. The maximum Gasteiger partial charge on any atom is 0.255 e. The molecule has 30 heavy (non-hydrogen) atoms. The molecule has 0 saturated carbocycles. The molecule has 0 aliphatic carbocycles. The van der Waals surface area contributed by atoms with E-state index < -0.39 is 15.9 Å². The predicted octanol–water partition coefficient (Wildman–Crippen LogP) is 3.76. The second kappa shape index (κ2) is 10.8. The molecule has 0 radical (unpaired) electrons. The minimum Gasteiger partial charge on any atom is -0.493 e. The molecule has 0 bridgehead atoms. The molecule has 0 unspecified atom stereocenters. The van der Waals surface area contributed by atoms with Crippen LogP contribution in [0.4, 0.5) is 5.69 Å². The number of carbonyl (C=O) groups is 1. The summed E-state index contributed by atoms with van der Waals surface area (Å²) in [6.07, 6.45) is 3.84. The molecule has 8 heteroatoms. The van der Waals surface area contributed by atoms with E-state index in [1.807, 2.05) is 6.92 Å². The van der Waals surface area contributed by atoms with Gasteiger partial charge in [-0.2, -0.15) is 0 Å². The lowest BCUT2D eigenvalue weighted by Gasteiger charge is -2.14. The van der Waals surface area contributed by atoms with Gasteiger partial charge in [-0.25, -0.2) is 13.1 Å². The normalized spacial score (nSPS) is 11.0. The Morgan fingerprint density at radius 3 is 2.57 bits per heavy atom. The summed E-state index contributed by atoms with van der Waals surface area (Å²) >= 11 is 0. The van der Waals surface area contributed by atoms with Crippen LogP contribution >= 0.6 is 0 Å². The standard InChI is InChI=1S/C22H28N2O5S/c1-5-7-12-23-30(26,27)19-11-8-10-18(15-19)24-22(25)17-13-16(9-6-2)21(29-4)20(14-17)28-3/h6,8,10-11,13-15,23H,2,5,7,9,12H2,1,3-4H3,(H,24,25). The van der Waals surface area contributed by atoms with Crippen molar-refractivity contribution in [2.45, 2.75) is 31.1 Å². The molecular weight excluding hydrogens is 404 g/mol. The van der Waals surface area contributed by atoms with Gasteiger partial charge in [-0.15, -0.1) is 6.58 Å². The zero-order valence-corrected chi connectivity index (χ0v) is 18.3. The number of nitrogens with one attached hydrogen (secondary N) is 2. The van der Waals surface area contributed by atoms with Crippen molar-refractivity contribution in [3.8, 4) is 11.5 Å². The Hall–Kier alpha value is -2.84. The number of amides is 1. The molecule has 0 aromatic heterocycles. The van der Waals surface area contributed by atoms with Crippen molar-refractivity contribution in [2.75, 3.05) is 26.1 Å². The highest BCUT2D eigenvalue weighted by atomic mass is 32.2. The van der Waals surface area contributed by atoms with Crippen LogP contribution in [0.2, 0.25) is 0 Å². The van der Waals surface area contributed by atoms with E-state index in [1.54, 1.807) is 30.3 Å². The van der Waals surface area contributed by atoms with E-state index in [-0.39, 0.29) is 4.90 Å². The van der Waals surface area contributed by atoms with Gasteiger partial charge in [0.05, 0.1) is 19.1 Å². The van der Waals surface area contributed by atoms with E-state index in [1.165, 1.54) is 26.4 Å². The number of ether oxygens (including phenoxy) is 2. The number of sulfonamides is 1. The van der Waals surface area contributed by atoms with E-state index in [2.05, 4.69) is 16.6 Å². The molecule has 0 aliphatic rings. The number of anilines is 1. The first-order valence-electron chi connectivity index (χ1n) is 9.63. The Balaban J connectivity index is 2.28. The SMILES string of the molecule is C=CCc1cc(C(=O)Nc2cccc(S(=O)(=O)NCCCC)c2)cc(OC)c1OC. The smallest absolute Gasteiger partial charge is 0.255 e. The summed E-state index contributed by atoms with van der Waals surface area (Å²) in [6, 6.07) is 9.41. The second-order valence-electron chi connectivity index (χ2n) is 6.60. The van der Waals surface area contributed by atoms with Crippen molar-refractivity contribution in [2.24, 2.45) is 0 Å². The minimum atomic E-state index is -3.64. The van der Waals surface area contributed by atoms with Crippen molar-refractivity contribution in [3.05, 3.63) is 60.2 Å². The molecule has 0 aliphatic heterocycles. The molecule has 2 rings (SSSR count). The van der Waals surface area contributed by atoms with Crippen LogP contribution in [0.25, 0.3) is 0 Å². The van der Waals surface area contributed by atoms with Gasteiger partial charge in [-0.1, -0.05) is 25.5 Å². The van der Waals surface area contributed by atoms with Crippen LogP contribution in [0.3, 0.4) is 0 Å². The molecule has 2 aromatic rings. The van der Waals surface area contributed by atoms with Crippen LogP contribution in [-0.4, -0.2) is 35.1 Å². The lowest BCUT2D eigenvalue weighted by atomic mass is 10.0. The molecular formula is C22H28N2O5S. The van der Waals surface area contributed by atoms with Crippen LogP contribution in [0.1, 0.15) is 35.7 Å². The largest absolute Gasteiger partial charge is 0.493 e. The van der Waals surface area contributed by atoms with Gasteiger partial charge in [-0.3, -0.25) is 4.79 Å². The topological polar surface area (TPSA) is 93.7 Å². The van der Waals surface area contributed by atoms with Gasteiger partial charge in [0.1, 0.15) is 0 Å². The first-order valence-corrected chi connectivity index (χ1v) is 11.1. The molecule has 0 saturated heterocycles. The maximum atomic E-state index is 12.8. The highest BCUT2D eigenvalue weighted by molar-refractivity contribution is 7.89. The fourth-order valence-corrected chi connectivity index (χ4v) is 4.01. The number of hydrogen-bond acceptors (Lipinski definition) is 5. The van der Waals surface area contributed by atoms with E-state index in [0.29, 0.717) is 35.7 Å². The molecule has 0 atom stereocenters. The van der Waals surface area contributed by atoms with E-state index in [4.69, 9.17) is 9.47 Å². The monoisotopic (exact) mass is 432 g/mol. The van der Waals surface area contributed by atoms with Crippen LogP contribution in [0, 0.1) is 0 Å². The predicted molar refractivity (Wildman–Crippen MR) is 118 cm³/mol. The summed E-state index contributed by atoms with van der Waals surface area (Å²) in [7, 11) is -0.609. The van der Waals surface area contributed by atoms with Gasteiger partial charge in [0.25, 0.3) is 5.91 Å². The van der Waals surface area contributed by atoms with Gasteiger partial charge in [0.2, 0.25) is 10.0 Å². The summed E-state index contributed by atoms with van der Waals surface area (Å²) < 4.78 is 38.1. The highest BCUT2D eigenvalue weighted by Gasteiger charge is 2.17. The van der Waals surface area contributed by atoms with Gasteiger partial charge in [-0.05, 0) is 43.2 Å². The number of hydrogen-bond donors (Lipinski definition) is 2. The average molecular weight is 433 g/mol. The van der Waals surface area contributed by atoms with Crippen molar-refractivity contribution in [1.82, 2.24) is 4.72 Å². The Labute approximate surface area is 178 Å². The molecule has 162 valence electrons. The zero-order valence-electron chi connectivity index (χ0n) is 17.5. The molecule has 7 nitrogen and oxygen atoms in total. The number of rotatable bonds is 11. The second-order valence-corrected chi connectivity index (χ2v) is 8.36. The summed E-state index contributed by atoms with van der Waals surface area (Å²) in [5, 5.41) is 2.74. The van der Waals surface area contributed by atoms with Crippen LogP contribution in [-0.2, 0) is 16.4 Å². The first kappa shape index (κ1) is 23.4. The van der Waals surface area contributed by atoms with Gasteiger partial charge < -0.3 is 14.8 Å². The van der Waals surface area contributed by atoms with E-state index in [9.17, 15) is 13.2 Å². The summed E-state index contributed by atoms with van der Waals surface area (Å²) in [6.45, 7) is 6.08. The molecule has 2 N–H and O–H groups in total. The van der Waals surface area contributed by atoms with Crippen molar-refractivity contribution in [3.63, 3.8) is 0 Å². The Kier molecular flexibility index (Phi) is 8.44. The van der Waals surface area contributed by atoms with Crippen molar-refractivity contribution < 1.29 is 22.7 Å².